The topological polar surface area (TPSA) is 37.3 Å². The van der Waals surface area contributed by atoms with Crippen LogP contribution in [0.4, 0.5) is 0 Å². The van der Waals surface area contributed by atoms with E-state index in [0.717, 1.165) is 50.4 Å². The van der Waals surface area contributed by atoms with Crippen LogP contribution >= 0.6 is 0 Å². The highest BCUT2D eigenvalue weighted by molar-refractivity contribution is 5.83. The van der Waals surface area contributed by atoms with Gasteiger partial charge in [0, 0.05) is 12.3 Å². The van der Waals surface area contributed by atoms with Crippen molar-refractivity contribution in [2.45, 2.75) is 98.5 Å². The second-order valence-corrected chi connectivity index (χ2v) is 11.6. The van der Waals surface area contributed by atoms with Gasteiger partial charge in [-0.15, -0.1) is 0 Å². The van der Waals surface area contributed by atoms with Gasteiger partial charge in [0.2, 0.25) is 0 Å². The zero-order valence-corrected chi connectivity index (χ0v) is 19.3. The van der Waals surface area contributed by atoms with Gasteiger partial charge in [-0.05, 0) is 85.9 Å². The lowest BCUT2D eigenvalue weighted by Gasteiger charge is -2.58. The first-order valence-corrected chi connectivity index (χ1v) is 12.3. The number of allylic oxidation sites excluding steroid dienone is 3. The van der Waals surface area contributed by atoms with E-state index in [2.05, 4.69) is 46.8 Å². The summed E-state index contributed by atoms with van der Waals surface area (Å²) in [6.45, 7) is 11.6. The molecule has 2 fully saturated rings. The minimum atomic E-state index is -0.128. The molecule has 0 radical (unpaired) electrons. The molecule has 0 amide bonds. The predicted octanol–water partition coefficient (Wildman–Crippen LogP) is 6.49. The van der Waals surface area contributed by atoms with Crippen LogP contribution in [0.25, 0.3) is 0 Å². The first-order valence-electron chi connectivity index (χ1n) is 12.3. The standard InChI is InChI=1S/C27H42O2/c1-17(2)6-11-25(29)18(3)22-9-10-23-21-8-7-19-16-20(28)12-14-26(19,4)24(21)13-15-27(22,23)5/h7,9,17-18,20-21,23-24,28H,6,8,10-16H2,1-5H3/t18-,20-,21-,23-,24-,26-,27+/m0/s1. The van der Waals surface area contributed by atoms with Crippen molar-refractivity contribution in [3.63, 3.8) is 0 Å². The van der Waals surface area contributed by atoms with E-state index in [9.17, 15) is 9.90 Å². The monoisotopic (exact) mass is 398 g/mol. The lowest BCUT2D eigenvalue weighted by Crippen LogP contribution is -2.50. The van der Waals surface area contributed by atoms with Crippen molar-refractivity contribution in [2.75, 3.05) is 0 Å². The third-order valence-corrected chi connectivity index (χ3v) is 9.64. The number of aliphatic hydroxyl groups excluding tert-OH is 1. The Hall–Kier alpha value is -0.890. The van der Waals surface area contributed by atoms with Crippen molar-refractivity contribution in [2.24, 2.45) is 40.4 Å². The number of carbonyl (C=O) groups excluding carboxylic acids is 1. The molecule has 0 aliphatic heterocycles. The molecule has 7 atom stereocenters. The van der Waals surface area contributed by atoms with Crippen LogP contribution < -0.4 is 0 Å². The Morgan fingerprint density at radius 3 is 2.52 bits per heavy atom. The maximum atomic E-state index is 12.9. The molecule has 4 aliphatic rings. The highest BCUT2D eigenvalue weighted by Crippen LogP contribution is 2.65. The number of rotatable bonds is 5. The molecule has 29 heavy (non-hydrogen) atoms. The van der Waals surface area contributed by atoms with Gasteiger partial charge in [-0.1, -0.05) is 57.9 Å². The van der Waals surface area contributed by atoms with Gasteiger partial charge in [0.1, 0.15) is 5.78 Å². The molecule has 0 saturated heterocycles. The molecular weight excluding hydrogens is 356 g/mol. The Morgan fingerprint density at radius 2 is 1.79 bits per heavy atom. The van der Waals surface area contributed by atoms with Gasteiger partial charge >= 0.3 is 0 Å². The Balaban J connectivity index is 1.53. The molecule has 1 N–H and O–H groups in total. The van der Waals surface area contributed by atoms with E-state index < -0.39 is 0 Å². The van der Waals surface area contributed by atoms with Gasteiger partial charge in [0.25, 0.3) is 0 Å². The molecule has 2 nitrogen and oxygen atoms in total. The van der Waals surface area contributed by atoms with Gasteiger partial charge in [-0.25, -0.2) is 0 Å². The van der Waals surface area contributed by atoms with E-state index >= 15 is 0 Å². The maximum Gasteiger partial charge on any atom is 0.139 e. The average Bonchev–Trinajstić information content (AvgIpc) is 3.03. The number of carbonyl (C=O) groups is 1. The molecule has 0 aromatic rings. The van der Waals surface area contributed by atoms with Crippen molar-refractivity contribution in [3.8, 4) is 0 Å². The molecule has 2 heteroatoms. The summed E-state index contributed by atoms with van der Waals surface area (Å²) in [5.41, 5.74) is 3.52. The Morgan fingerprint density at radius 1 is 1.07 bits per heavy atom. The number of fused-ring (bicyclic) bond motifs is 5. The van der Waals surface area contributed by atoms with Gasteiger partial charge in [-0.2, -0.15) is 0 Å². The highest BCUT2D eigenvalue weighted by Gasteiger charge is 2.57. The largest absolute Gasteiger partial charge is 0.393 e. The minimum Gasteiger partial charge on any atom is -0.393 e. The van der Waals surface area contributed by atoms with Crippen LogP contribution in [-0.2, 0) is 4.79 Å². The van der Waals surface area contributed by atoms with E-state index in [1.54, 1.807) is 5.57 Å². The average molecular weight is 399 g/mol. The summed E-state index contributed by atoms with van der Waals surface area (Å²) in [5, 5.41) is 10.2. The zero-order valence-electron chi connectivity index (χ0n) is 19.3. The predicted molar refractivity (Wildman–Crippen MR) is 119 cm³/mol. The number of hydrogen-bond acceptors (Lipinski definition) is 2. The van der Waals surface area contributed by atoms with Crippen LogP contribution in [0.3, 0.4) is 0 Å². The maximum absolute atomic E-state index is 12.9. The van der Waals surface area contributed by atoms with Crippen molar-refractivity contribution >= 4 is 5.78 Å². The van der Waals surface area contributed by atoms with Crippen molar-refractivity contribution in [1.82, 2.24) is 0 Å². The lowest BCUT2D eigenvalue weighted by molar-refractivity contribution is -0.122. The van der Waals surface area contributed by atoms with Crippen molar-refractivity contribution in [3.05, 3.63) is 23.3 Å². The second-order valence-electron chi connectivity index (χ2n) is 11.6. The summed E-state index contributed by atoms with van der Waals surface area (Å²) >= 11 is 0. The van der Waals surface area contributed by atoms with Crippen LogP contribution in [0.2, 0.25) is 0 Å². The van der Waals surface area contributed by atoms with Gasteiger partial charge in [-0.3, -0.25) is 4.79 Å². The van der Waals surface area contributed by atoms with Crippen LogP contribution in [-0.4, -0.2) is 17.0 Å². The molecular formula is C27H42O2. The van der Waals surface area contributed by atoms with E-state index in [0.29, 0.717) is 23.0 Å². The number of hydrogen-bond donors (Lipinski definition) is 1. The third kappa shape index (κ3) is 3.48. The number of ketones is 1. The summed E-state index contributed by atoms with van der Waals surface area (Å²) < 4.78 is 0. The molecule has 2 saturated carbocycles. The van der Waals surface area contributed by atoms with Crippen LogP contribution in [0.15, 0.2) is 23.3 Å². The third-order valence-electron chi connectivity index (χ3n) is 9.64. The summed E-state index contributed by atoms with van der Waals surface area (Å²) in [5.74, 6) is 3.33. The molecule has 4 rings (SSSR count). The molecule has 162 valence electrons. The van der Waals surface area contributed by atoms with Gasteiger partial charge < -0.3 is 5.11 Å². The van der Waals surface area contributed by atoms with Gasteiger partial charge in [0.05, 0.1) is 6.10 Å². The molecule has 0 aromatic heterocycles. The molecule has 0 bridgehead atoms. The van der Waals surface area contributed by atoms with E-state index in [1.807, 2.05) is 0 Å². The molecule has 0 heterocycles. The number of aliphatic hydroxyl groups is 1. The van der Waals surface area contributed by atoms with E-state index in [-0.39, 0.29) is 17.4 Å². The fraction of sp³-hybridized carbons (Fsp3) is 0.815. The zero-order chi connectivity index (χ0) is 21.0. The van der Waals surface area contributed by atoms with Crippen LogP contribution in [0.5, 0.6) is 0 Å². The first-order chi connectivity index (χ1) is 13.7. The normalized spacial score (nSPS) is 42.4. The number of Topliss-reactive ketones (excluding diaryl/α,β-unsaturated/α-hetero) is 1. The van der Waals surface area contributed by atoms with Crippen LogP contribution in [0, 0.1) is 40.4 Å². The Kier molecular flexibility index (Phi) is 5.64. The van der Waals surface area contributed by atoms with Gasteiger partial charge in [0.15, 0.2) is 0 Å². The summed E-state index contributed by atoms with van der Waals surface area (Å²) in [7, 11) is 0. The minimum absolute atomic E-state index is 0.0930. The summed E-state index contributed by atoms with van der Waals surface area (Å²) in [6, 6.07) is 0. The molecule has 0 spiro atoms. The summed E-state index contributed by atoms with van der Waals surface area (Å²) in [4.78, 5) is 12.9. The quantitative estimate of drug-likeness (QED) is 0.538. The van der Waals surface area contributed by atoms with Crippen LogP contribution in [0.1, 0.15) is 92.4 Å². The van der Waals surface area contributed by atoms with E-state index in [4.69, 9.17) is 0 Å². The lowest BCUT2D eigenvalue weighted by atomic mass is 9.47. The fourth-order valence-corrected chi connectivity index (χ4v) is 7.73. The van der Waals surface area contributed by atoms with Crippen molar-refractivity contribution < 1.29 is 9.90 Å². The Bertz CT molecular complexity index is 716. The smallest absolute Gasteiger partial charge is 0.139 e. The van der Waals surface area contributed by atoms with Crippen molar-refractivity contribution in [1.29, 1.82) is 0 Å². The molecule has 0 unspecified atom stereocenters. The second kappa shape index (κ2) is 7.66. The fourth-order valence-electron chi connectivity index (χ4n) is 7.73. The van der Waals surface area contributed by atoms with E-state index in [1.165, 1.54) is 24.8 Å². The molecule has 0 aromatic carbocycles. The highest BCUT2D eigenvalue weighted by atomic mass is 16.3. The Labute approximate surface area is 178 Å². The first kappa shape index (κ1) is 21.3. The molecule has 4 aliphatic carbocycles. The summed E-state index contributed by atoms with van der Waals surface area (Å²) in [6.07, 6.45) is 14.5. The SMILES string of the molecule is CC(C)CCC(=O)[C@@H](C)C1=CC[C@H]2[C@@H]3CC=C4C[C@@H](O)CC[C@]4(C)[C@H]3CC[C@]12C.